The summed E-state index contributed by atoms with van der Waals surface area (Å²) in [5, 5.41) is 8.81. The average Bonchev–Trinajstić information content (AvgIpc) is 3.70. The number of rotatable bonds is 47. The Kier molecular flexibility index (Phi) is 35.9. The molecule has 0 spiro atoms. The molecule has 0 fully saturated rings. The molecule has 23 nitrogen and oxygen atoms in total. The highest BCUT2D eigenvalue weighted by atomic mass is 32.2. The van der Waals surface area contributed by atoms with Crippen molar-refractivity contribution in [2.45, 2.75) is 76.7 Å². The van der Waals surface area contributed by atoms with Crippen LogP contribution in [0.15, 0.2) is 21.7 Å². The van der Waals surface area contributed by atoms with Gasteiger partial charge in [-0.25, -0.2) is 23.0 Å². The number of nitrogens with zero attached hydrogens (tertiary/aromatic N) is 4. The zero-order valence-corrected chi connectivity index (χ0v) is 44.9. The molecule has 0 bridgehead atoms. The van der Waals surface area contributed by atoms with Crippen molar-refractivity contribution in [1.82, 2.24) is 20.2 Å². The molecule has 0 saturated heterocycles. The number of aliphatic imine (C=N–C) groups is 1. The molecule has 1 unspecified atom stereocenters. The van der Waals surface area contributed by atoms with Crippen molar-refractivity contribution in [3.05, 3.63) is 40.7 Å². The molecule has 438 valence electrons. The first-order chi connectivity index (χ1) is 37.4. The first-order valence-electron chi connectivity index (χ1n) is 25.6. The first-order valence-corrected chi connectivity index (χ1v) is 26.8. The molecule has 1 aliphatic rings. The highest BCUT2D eigenvalue weighted by molar-refractivity contribution is 7.79. The summed E-state index contributed by atoms with van der Waals surface area (Å²) in [4.78, 5) is 45.5. The lowest BCUT2D eigenvalue weighted by atomic mass is 10.1. The number of aromatic nitrogens is 2. The number of aryl methyl sites for hydroxylation is 1. The van der Waals surface area contributed by atoms with E-state index in [1.54, 1.807) is 6.20 Å². The van der Waals surface area contributed by atoms with Crippen molar-refractivity contribution in [1.29, 1.82) is 0 Å². The molecule has 2 amide bonds. The Morgan fingerprint density at radius 2 is 1.13 bits per heavy atom. The normalized spacial score (nSPS) is 12.8. The number of hydrogen-bond donors (Lipinski definition) is 3. The Balaban J connectivity index is 0.988. The van der Waals surface area contributed by atoms with Gasteiger partial charge in [0.2, 0.25) is 23.3 Å². The van der Waals surface area contributed by atoms with Gasteiger partial charge < -0.3 is 67.7 Å². The maximum absolute atomic E-state index is 14.0. The van der Waals surface area contributed by atoms with Gasteiger partial charge in [0, 0.05) is 38.0 Å². The Hall–Kier alpha value is -4.56. The van der Waals surface area contributed by atoms with Crippen molar-refractivity contribution < 1.29 is 97.7 Å². The number of carbonyl (C=O) groups excluding carboxylic acids is 3. The molecule has 1 aromatic carbocycles. The number of carbonyl (C=O) groups is 3. The van der Waals surface area contributed by atoms with E-state index in [0.29, 0.717) is 142 Å². The van der Waals surface area contributed by atoms with Crippen LogP contribution in [0.3, 0.4) is 0 Å². The monoisotopic (exact) mass is 1130 g/mol. The van der Waals surface area contributed by atoms with Gasteiger partial charge in [0.25, 0.3) is 5.91 Å². The number of nitrogens with one attached hydrogen (secondary N) is 1. The third kappa shape index (κ3) is 27.7. The van der Waals surface area contributed by atoms with Gasteiger partial charge in [-0.3, -0.25) is 23.9 Å². The molecule has 28 heteroatoms. The Bertz CT molecular complexity index is 2080. The van der Waals surface area contributed by atoms with Crippen molar-refractivity contribution >= 4 is 46.5 Å². The van der Waals surface area contributed by atoms with E-state index < -0.39 is 57.4 Å². The molecule has 0 aliphatic carbocycles. The van der Waals surface area contributed by atoms with Gasteiger partial charge in [0.1, 0.15) is 16.4 Å². The number of amidine groups is 1. The zero-order valence-electron chi connectivity index (χ0n) is 44.0. The molecule has 0 radical (unpaired) electrons. The number of amides is 2. The average molecular weight is 1130 g/mol. The standard InChI is InChI=1S/C49H76F4N6O17S/c1-3-12-59(75-4-2)49(62)37-34-39-38(57-40(54)35-37)36-56-58(39)13-8-6-5-7-11-55-41(60)9-14-65-16-18-67-20-22-69-24-26-71-28-30-73-32-33-74-31-29-72-27-25-70-23-21-68-19-17-66-15-10-42(61)76-47-43(50)45(52)48(77(63)64)46(53)44(47)51/h34,36H,3-33,35H2,1-2H3,(H2,54,57)(H,55,60)(H,63,64). The number of esters is 1. The fraction of sp³-hybridized carbons (Fsp3) is 0.694. The van der Waals surface area contributed by atoms with Crippen LogP contribution in [0.2, 0.25) is 0 Å². The summed E-state index contributed by atoms with van der Waals surface area (Å²) < 4.78 is 136. The maximum Gasteiger partial charge on any atom is 0.313 e. The van der Waals surface area contributed by atoms with Gasteiger partial charge in [-0.05, 0) is 32.3 Å². The van der Waals surface area contributed by atoms with E-state index in [9.17, 15) is 36.2 Å². The zero-order chi connectivity index (χ0) is 55.9. The van der Waals surface area contributed by atoms with Crippen LogP contribution in [-0.2, 0) is 84.2 Å². The van der Waals surface area contributed by atoms with E-state index in [2.05, 4.69) is 20.1 Å². The number of halogens is 4. The van der Waals surface area contributed by atoms with E-state index in [-0.39, 0.29) is 57.7 Å². The molecule has 77 heavy (non-hydrogen) atoms. The highest BCUT2D eigenvalue weighted by Gasteiger charge is 2.31. The van der Waals surface area contributed by atoms with Crippen LogP contribution in [0, 0.1) is 23.3 Å². The highest BCUT2D eigenvalue weighted by Crippen LogP contribution is 2.32. The molecule has 1 aromatic heterocycles. The van der Waals surface area contributed by atoms with Gasteiger partial charge in [0.05, 0.1) is 157 Å². The molecular weight excluding hydrogens is 1050 g/mol. The molecule has 1 atom stereocenters. The number of hydroxylamine groups is 2. The van der Waals surface area contributed by atoms with E-state index in [4.69, 9.17) is 62.5 Å². The summed E-state index contributed by atoms with van der Waals surface area (Å²) in [6.07, 6.45) is 7.86. The second kappa shape index (κ2) is 41.5. The fourth-order valence-corrected chi connectivity index (χ4v) is 7.23. The quantitative estimate of drug-likeness (QED) is 0.0159. The van der Waals surface area contributed by atoms with Crippen molar-refractivity contribution in [2.24, 2.45) is 10.7 Å². The maximum atomic E-state index is 14.0. The van der Waals surface area contributed by atoms with Gasteiger partial charge in [-0.15, -0.1) is 0 Å². The minimum absolute atomic E-state index is 0.0544. The summed E-state index contributed by atoms with van der Waals surface area (Å²) in [5.41, 5.74) is 8.03. The first kappa shape index (κ1) is 66.7. The van der Waals surface area contributed by atoms with Gasteiger partial charge >= 0.3 is 5.97 Å². The Morgan fingerprint density at radius 3 is 1.58 bits per heavy atom. The van der Waals surface area contributed by atoms with Crippen LogP contribution in [0.1, 0.15) is 70.9 Å². The molecule has 4 N–H and O–H groups in total. The SMILES string of the molecule is CCCN(OCC)C(=O)C1=Cc2c(cnn2CCCCCCNC(=O)CCOCCOCCOCCOCCOCCOCCOCCOCCOCCOCCC(=O)Oc2c(F)c(F)c(S(=O)O)c(F)c2F)N=C(N)C1. The third-order valence-corrected chi connectivity index (χ3v) is 11.2. The lowest BCUT2D eigenvalue weighted by Gasteiger charge is -2.21. The van der Waals surface area contributed by atoms with E-state index in [0.717, 1.165) is 37.8 Å². The van der Waals surface area contributed by atoms with Crippen molar-refractivity contribution in [3.8, 4) is 5.75 Å². The molecule has 2 aromatic rings. The van der Waals surface area contributed by atoms with E-state index in [1.807, 2.05) is 24.6 Å². The van der Waals surface area contributed by atoms with Crippen LogP contribution >= 0.6 is 0 Å². The smallest absolute Gasteiger partial charge is 0.313 e. The van der Waals surface area contributed by atoms with E-state index >= 15 is 0 Å². The fourth-order valence-electron chi connectivity index (χ4n) is 6.74. The summed E-state index contributed by atoms with van der Waals surface area (Å²) in [6.45, 7) is 12.2. The summed E-state index contributed by atoms with van der Waals surface area (Å²) in [6, 6.07) is 0. The van der Waals surface area contributed by atoms with Gasteiger partial charge in [-0.1, -0.05) is 19.8 Å². The predicted octanol–water partition coefficient (Wildman–Crippen LogP) is 4.21. The molecule has 2 heterocycles. The number of fused-ring (bicyclic) bond motifs is 1. The second-order valence-corrected chi connectivity index (χ2v) is 17.3. The molecule has 1 aliphatic heterocycles. The Morgan fingerprint density at radius 1 is 0.675 bits per heavy atom. The van der Waals surface area contributed by atoms with E-state index in [1.165, 1.54) is 5.06 Å². The number of unbranched alkanes of at least 4 members (excludes halogenated alkanes) is 3. The van der Waals surface area contributed by atoms with Crippen LogP contribution < -0.4 is 15.8 Å². The Labute approximate surface area is 448 Å². The van der Waals surface area contributed by atoms with Crippen LogP contribution in [0.25, 0.3) is 6.08 Å². The third-order valence-electron chi connectivity index (χ3n) is 10.5. The summed E-state index contributed by atoms with van der Waals surface area (Å²) in [5.74, 6) is -11.4. The minimum Gasteiger partial charge on any atom is -0.420 e. The summed E-state index contributed by atoms with van der Waals surface area (Å²) in [7, 11) is 0. The number of nitrogens with two attached hydrogens (primary N) is 1. The van der Waals surface area contributed by atoms with Crippen LogP contribution in [0.4, 0.5) is 23.2 Å². The summed E-state index contributed by atoms with van der Waals surface area (Å²) >= 11 is -3.36. The minimum atomic E-state index is -3.36. The number of hydrogen-bond acceptors (Lipinski definition) is 19. The van der Waals surface area contributed by atoms with Crippen LogP contribution in [-0.4, -0.2) is 199 Å². The lowest BCUT2D eigenvalue weighted by molar-refractivity contribution is -0.180. The topological polar surface area (TPSA) is 271 Å². The van der Waals surface area contributed by atoms with Crippen LogP contribution in [0.5, 0.6) is 5.75 Å². The molecule has 0 saturated carbocycles. The van der Waals surface area contributed by atoms with Crippen molar-refractivity contribution in [3.63, 3.8) is 0 Å². The predicted molar refractivity (Wildman–Crippen MR) is 270 cm³/mol. The number of ether oxygens (including phenoxy) is 11. The second-order valence-electron chi connectivity index (χ2n) is 16.4. The lowest BCUT2D eigenvalue weighted by Crippen LogP contribution is -2.34. The molecule has 3 rings (SSSR count). The largest absolute Gasteiger partial charge is 0.420 e. The molecular formula is C49H76F4N6O17S. The van der Waals surface area contributed by atoms with Crippen molar-refractivity contribution in [2.75, 3.05) is 152 Å². The number of benzene rings is 1. The van der Waals surface area contributed by atoms with Gasteiger partial charge in [0.15, 0.2) is 22.7 Å². The van der Waals surface area contributed by atoms with Gasteiger partial charge in [-0.2, -0.15) is 13.9 Å².